The summed E-state index contributed by atoms with van der Waals surface area (Å²) in [5, 5.41) is 0. The fraction of sp³-hybridized carbons (Fsp3) is 0. The smallest absolute Gasteiger partial charge is 0.197 e. The topological polar surface area (TPSA) is 17.1 Å². The highest BCUT2D eigenvalue weighted by Gasteiger charge is 1.96. The van der Waals surface area contributed by atoms with Gasteiger partial charge >= 0.3 is 0 Å². The van der Waals surface area contributed by atoms with Crippen LogP contribution >= 0.6 is 0 Å². The average Bonchev–Trinajstić information content (AvgIpc) is 2.78. The first kappa shape index (κ1) is 21.1. The Hall–Kier alpha value is -3.24. The van der Waals surface area contributed by atoms with Crippen LogP contribution in [-0.2, 0) is 12.5 Å². The van der Waals surface area contributed by atoms with Gasteiger partial charge in [0.1, 0.15) is 11.6 Å². The monoisotopic (exact) mass is 392 g/mol. The molecule has 0 bridgehead atoms. The van der Waals surface area contributed by atoms with Crippen molar-refractivity contribution in [2.75, 3.05) is 0 Å². The molecule has 0 atom stereocenters. The van der Waals surface area contributed by atoms with Crippen LogP contribution < -0.4 is 0 Å². The average molecular weight is 392 g/mol. The van der Waals surface area contributed by atoms with Crippen molar-refractivity contribution in [3.63, 3.8) is 0 Å². The highest BCUT2D eigenvalue weighted by atomic mass is 32.1. The van der Waals surface area contributed by atoms with Gasteiger partial charge in [0.15, 0.2) is 12.5 Å². The van der Waals surface area contributed by atoms with E-state index in [1.54, 1.807) is 24.3 Å². The lowest BCUT2D eigenvalue weighted by Gasteiger charge is -1.99. The predicted octanol–water partition coefficient (Wildman–Crippen LogP) is 6.65. The minimum absolute atomic E-state index is 0.195. The zero-order valence-corrected chi connectivity index (χ0v) is 15.8. The van der Waals surface area contributed by atoms with Crippen molar-refractivity contribution in [1.82, 2.24) is 0 Å². The molecule has 0 saturated heterocycles. The third kappa shape index (κ3) is 6.49. The standard InChI is InChI=1S/2C12H9F.OS/c2*13-12-8-6-11(7-9-12)10-4-2-1-3-5-10;1-2/h2*1-9H;. The van der Waals surface area contributed by atoms with Crippen molar-refractivity contribution in [3.05, 3.63) is 121 Å². The fourth-order valence-electron chi connectivity index (χ4n) is 2.55. The quantitative estimate of drug-likeness (QED) is 0.380. The molecular weight excluding hydrogens is 374 g/mol. The SMILES string of the molecule is Fc1ccc(-c2ccccc2)cc1.Fc1ccc(-c2ccccc2)cc1.O=S. The van der Waals surface area contributed by atoms with Gasteiger partial charge in [-0.1, -0.05) is 84.9 Å². The summed E-state index contributed by atoms with van der Waals surface area (Å²) in [6.07, 6.45) is 0. The molecule has 0 amide bonds. The van der Waals surface area contributed by atoms with Gasteiger partial charge < -0.3 is 0 Å². The summed E-state index contributed by atoms with van der Waals surface area (Å²) in [6.45, 7) is 0. The maximum Gasteiger partial charge on any atom is 0.197 e. The van der Waals surface area contributed by atoms with E-state index in [1.807, 2.05) is 60.7 Å². The summed E-state index contributed by atoms with van der Waals surface area (Å²) in [6, 6.07) is 32.9. The molecule has 0 N–H and O–H groups in total. The van der Waals surface area contributed by atoms with Crippen LogP contribution in [0.25, 0.3) is 22.3 Å². The molecule has 0 unspecified atom stereocenters. The van der Waals surface area contributed by atoms with Gasteiger partial charge in [0, 0.05) is 0 Å². The number of halogens is 2. The van der Waals surface area contributed by atoms with Crippen molar-refractivity contribution in [1.29, 1.82) is 0 Å². The highest BCUT2D eigenvalue weighted by molar-refractivity contribution is 7.44. The van der Waals surface area contributed by atoms with E-state index in [-0.39, 0.29) is 11.6 Å². The summed E-state index contributed by atoms with van der Waals surface area (Å²) in [4.78, 5) is 0. The Morgan fingerprint density at radius 2 is 0.643 bits per heavy atom. The Bertz CT molecular complexity index is 860. The maximum atomic E-state index is 12.6. The molecule has 4 heteroatoms. The lowest BCUT2D eigenvalue weighted by molar-refractivity contribution is 0.627. The van der Waals surface area contributed by atoms with Crippen molar-refractivity contribution in [3.8, 4) is 22.3 Å². The second-order valence-electron chi connectivity index (χ2n) is 5.75. The minimum atomic E-state index is -0.195. The second-order valence-corrected chi connectivity index (χ2v) is 5.75. The van der Waals surface area contributed by atoms with E-state index in [1.165, 1.54) is 24.3 Å². The van der Waals surface area contributed by atoms with Crippen molar-refractivity contribution in [2.45, 2.75) is 0 Å². The van der Waals surface area contributed by atoms with E-state index < -0.39 is 0 Å². The lowest BCUT2D eigenvalue weighted by Crippen LogP contribution is -1.77. The first-order valence-corrected chi connectivity index (χ1v) is 8.84. The molecule has 0 aliphatic rings. The van der Waals surface area contributed by atoms with Crippen LogP contribution in [0.2, 0.25) is 0 Å². The van der Waals surface area contributed by atoms with Crippen LogP contribution in [-0.4, -0.2) is 4.21 Å². The Labute approximate surface area is 168 Å². The molecule has 4 rings (SSSR count). The Balaban J connectivity index is 0.000000184. The first-order valence-electron chi connectivity index (χ1n) is 8.51. The van der Waals surface area contributed by atoms with Crippen LogP contribution in [0.4, 0.5) is 8.78 Å². The zero-order valence-electron chi connectivity index (χ0n) is 15.0. The molecular formula is C24H18F2OS. The molecule has 0 radical (unpaired) electrons. The largest absolute Gasteiger partial charge is 0.207 e. The van der Waals surface area contributed by atoms with Crippen LogP contribution in [0.5, 0.6) is 0 Å². The van der Waals surface area contributed by atoms with Crippen molar-refractivity contribution < 1.29 is 13.0 Å². The predicted molar refractivity (Wildman–Crippen MR) is 112 cm³/mol. The van der Waals surface area contributed by atoms with E-state index in [2.05, 4.69) is 12.5 Å². The van der Waals surface area contributed by atoms with Crippen LogP contribution in [0, 0.1) is 11.6 Å². The summed E-state index contributed by atoms with van der Waals surface area (Å²) < 4.78 is 33.0. The molecule has 0 aliphatic carbocycles. The Morgan fingerprint density at radius 1 is 0.393 bits per heavy atom. The molecule has 4 aromatic rings. The van der Waals surface area contributed by atoms with E-state index in [4.69, 9.17) is 4.21 Å². The van der Waals surface area contributed by atoms with Crippen LogP contribution in [0.1, 0.15) is 0 Å². The van der Waals surface area contributed by atoms with Gasteiger partial charge in [0.05, 0.1) is 0 Å². The summed E-state index contributed by atoms with van der Waals surface area (Å²) in [5.74, 6) is -0.389. The van der Waals surface area contributed by atoms with Gasteiger partial charge in [0.2, 0.25) is 0 Å². The maximum absolute atomic E-state index is 12.6. The molecule has 0 heterocycles. The molecule has 0 aliphatic heterocycles. The first-order chi connectivity index (χ1) is 13.7. The van der Waals surface area contributed by atoms with Crippen LogP contribution in [0.15, 0.2) is 109 Å². The third-order valence-corrected chi connectivity index (χ3v) is 3.90. The van der Waals surface area contributed by atoms with Crippen molar-refractivity contribution in [2.24, 2.45) is 0 Å². The summed E-state index contributed by atoms with van der Waals surface area (Å²) >= 11 is 2.83. The zero-order chi connectivity index (χ0) is 20.2. The summed E-state index contributed by atoms with van der Waals surface area (Å²) in [7, 11) is 0. The molecule has 1 nitrogen and oxygen atoms in total. The van der Waals surface area contributed by atoms with Crippen molar-refractivity contribution >= 4 is 12.5 Å². The molecule has 28 heavy (non-hydrogen) atoms. The van der Waals surface area contributed by atoms with E-state index in [0.29, 0.717) is 0 Å². The highest BCUT2D eigenvalue weighted by Crippen LogP contribution is 2.19. The summed E-state index contributed by atoms with van der Waals surface area (Å²) in [5.41, 5.74) is 4.31. The number of benzene rings is 4. The van der Waals surface area contributed by atoms with Gasteiger partial charge in [-0.3, -0.25) is 0 Å². The van der Waals surface area contributed by atoms with E-state index >= 15 is 0 Å². The lowest BCUT2D eigenvalue weighted by atomic mass is 10.1. The molecule has 0 aromatic heterocycles. The third-order valence-electron chi connectivity index (χ3n) is 3.90. The van der Waals surface area contributed by atoms with Crippen LogP contribution in [0.3, 0.4) is 0 Å². The Kier molecular flexibility index (Phi) is 8.63. The van der Waals surface area contributed by atoms with Gasteiger partial charge in [-0.05, 0) is 46.5 Å². The number of rotatable bonds is 2. The van der Waals surface area contributed by atoms with Gasteiger partial charge in [0.25, 0.3) is 0 Å². The molecule has 0 saturated carbocycles. The molecule has 4 aromatic carbocycles. The van der Waals surface area contributed by atoms with E-state index in [0.717, 1.165) is 22.3 Å². The molecule has 0 spiro atoms. The second kappa shape index (κ2) is 11.5. The van der Waals surface area contributed by atoms with Gasteiger partial charge in [-0.15, -0.1) is 0 Å². The fourth-order valence-corrected chi connectivity index (χ4v) is 2.55. The normalized spacial score (nSPS) is 9.36. The minimum Gasteiger partial charge on any atom is -0.207 e. The van der Waals surface area contributed by atoms with E-state index in [9.17, 15) is 8.78 Å². The molecule has 0 fully saturated rings. The Morgan fingerprint density at radius 3 is 0.929 bits per heavy atom. The molecule has 140 valence electrons. The number of hydrogen-bond donors (Lipinski definition) is 0. The van der Waals surface area contributed by atoms with Gasteiger partial charge in [-0.25, -0.2) is 8.78 Å². The van der Waals surface area contributed by atoms with Gasteiger partial charge in [-0.2, -0.15) is 4.21 Å². The number of hydrogen-bond acceptors (Lipinski definition) is 2.